The maximum atomic E-state index is 12.6. The number of rotatable bonds is 5. The van der Waals surface area contributed by atoms with Gasteiger partial charge in [0.05, 0.1) is 21.3 Å². The van der Waals surface area contributed by atoms with Crippen molar-refractivity contribution < 1.29 is 27.5 Å². The summed E-state index contributed by atoms with van der Waals surface area (Å²) in [5.74, 6) is -1.57. The van der Waals surface area contributed by atoms with Crippen LogP contribution in [0.1, 0.15) is 21.7 Å². The minimum atomic E-state index is -4.42. The predicted octanol–water partition coefficient (Wildman–Crippen LogP) is 4.77. The Balaban J connectivity index is 2.02. The van der Waals surface area contributed by atoms with E-state index in [4.69, 9.17) is 27.9 Å². The molecule has 0 saturated carbocycles. The Hall–Kier alpha value is -2.19. The van der Waals surface area contributed by atoms with Crippen molar-refractivity contribution in [2.75, 3.05) is 11.9 Å². The topological polar surface area (TPSA) is 60.3 Å². The van der Waals surface area contributed by atoms with E-state index in [1.807, 2.05) is 0 Å². The maximum Gasteiger partial charge on any atom is 0.406 e. The molecule has 5 nitrogen and oxygen atoms in total. The van der Waals surface area contributed by atoms with E-state index in [1.54, 1.807) is 6.07 Å². The molecule has 0 bridgehead atoms. The first-order chi connectivity index (χ1) is 12.5. The average molecular weight is 423 g/mol. The molecule has 0 aliphatic heterocycles. The number of anilines is 1. The van der Waals surface area contributed by atoms with Crippen molar-refractivity contribution in [3.05, 3.63) is 51.3 Å². The molecule has 1 amide bonds. The molecule has 1 aromatic heterocycles. The number of hydrogen-bond acceptors (Lipinski definition) is 3. The Morgan fingerprint density at radius 3 is 2.52 bits per heavy atom. The highest BCUT2D eigenvalue weighted by Crippen LogP contribution is 2.29. The molecule has 0 saturated heterocycles. The number of carbonyl (C=O) groups is 2. The molecule has 1 N–H and O–H groups in total. The molecule has 27 heavy (non-hydrogen) atoms. The SMILES string of the molecule is Cc1cc(C(=O)OCC(=O)Nc2cccc(Cl)c2Cl)c(C)n1CC(F)(F)F. The van der Waals surface area contributed by atoms with E-state index in [0.717, 1.165) is 4.57 Å². The standard InChI is InChI=1S/C17H15Cl2F3N2O3/c1-9-6-11(10(2)24(9)8-17(20,21)22)16(26)27-7-14(25)23-13-5-3-4-12(18)15(13)19/h3-6H,7-8H2,1-2H3,(H,23,25). The summed E-state index contributed by atoms with van der Waals surface area (Å²) in [6.07, 6.45) is -4.42. The third-order valence-corrected chi connectivity index (χ3v) is 4.51. The second kappa shape index (κ2) is 8.22. The number of alkyl halides is 3. The fraction of sp³-hybridized carbons (Fsp3) is 0.294. The zero-order chi connectivity index (χ0) is 20.4. The minimum absolute atomic E-state index is 0.0367. The van der Waals surface area contributed by atoms with E-state index in [9.17, 15) is 22.8 Å². The minimum Gasteiger partial charge on any atom is -0.452 e. The fourth-order valence-electron chi connectivity index (χ4n) is 2.43. The van der Waals surface area contributed by atoms with Gasteiger partial charge in [0.15, 0.2) is 6.61 Å². The number of amides is 1. The molecule has 0 aliphatic carbocycles. The summed E-state index contributed by atoms with van der Waals surface area (Å²) in [5.41, 5.74) is 0.568. The fourth-order valence-corrected chi connectivity index (χ4v) is 2.77. The molecule has 1 aromatic carbocycles. The van der Waals surface area contributed by atoms with Gasteiger partial charge in [0.25, 0.3) is 5.91 Å². The van der Waals surface area contributed by atoms with Gasteiger partial charge in [-0.1, -0.05) is 29.3 Å². The summed E-state index contributed by atoms with van der Waals surface area (Å²) in [5, 5.41) is 2.81. The summed E-state index contributed by atoms with van der Waals surface area (Å²) >= 11 is 11.8. The molecule has 1 heterocycles. The maximum absolute atomic E-state index is 12.6. The molecular weight excluding hydrogens is 408 g/mol. The number of ether oxygens (including phenoxy) is 1. The average Bonchev–Trinajstić information content (AvgIpc) is 2.84. The normalized spacial score (nSPS) is 11.4. The first-order valence-corrected chi connectivity index (χ1v) is 8.39. The van der Waals surface area contributed by atoms with Crippen molar-refractivity contribution >= 4 is 40.8 Å². The molecule has 2 aromatic rings. The van der Waals surface area contributed by atoms with Crippen molar-refractivity contribution in [2.45, 2.75) is 26.6 Å². The second-order valence-corrected chi connectivity index (χ2v) is 6.50. The summed E-state index contributed by atoms with van der Waals surface area (Å²) in [6, 6.07) is 5.91. The monoisotopic (exact) mass is 422 g/mol. The smallest absolute Gasteiger partial charge is 0.406 e. The lowest BCUT2D eigenvalue weighted by atomic mass is 10.2. The van der Waals surface area contributed by atoms with Gasteiger partial charge in [-0.3, -0.25) is 4.79 Å². The van der Waals surface area contributed by atoms with Gasteiger partial charge < -0.3 is 14.6 Å². The van der Waals surface area contributed by atoms with Crippen LogP contribution in [0.25, 0.3) is 0 Å². The molecule has 0 radical (unpaired) electrons. The molecule has 10 heteroatoms. The highest BCUT2D eigenvalue weighted by molar-refractivity contribution is 6.44. The van der Waals surface area contributed by atoms with Crippen molar-refractivity contribution in [1.82, 2.24) is 4.57 Å². The van der Waals surface area contributed by atoms with Crippen LogP contribution in [0.15, 0.2) is 24.3 Å². The van der Waals surface area contributed by atoms with Crippen molar-refractivity contribution in [3.63, 3.8) is 0 Å². The predicted molar refractivity (Wildman–Crippen MR) is 95.3 cm³/mol. The first kappa shape index (κ1) is 21.1. The van der Waals surface area contributed by atoms with E-state index < -0.39 is 31.2 Å². The van der Waals surface area contributed by atoms with Gasteiger partial charge in [-0.05, 0) is 32.0 Å². The number of aryl methyl sites for hydroxylation is 1. The van der Waals surface area contributed by atoms with E-state index in [2.05, 4.69) is 5.32 Å². The Morgan fingerprint density at radius 1 is 1.22 bits per heavy atom. The van der Waals surface area contributed by atoms with Gasteiger partial charge >= 0.3 is 12.1 Å². The van der Waals surface area contributed by atoms with Crippen molar-refractivity contribution in [3.8, 4) is 0 Å². The highest BCUT2D eigenvalue weighted by atomic mass is 35.5. The van der Waals surface area contributed by atoms with E-state index >= 15 is 0 Å². The van der Waals surface area contributed by atoms with E-state index in [0.29, 0.717) is 0 Å². The zero-order valence-electron chi connectivity index (χ0n) is 14.3. The third-order valence-electron chi connectivity index (χ3n) is 3.69. The van der Waals surface area contributed by atoms with Crippen LogP contribution in [0.4, 0.5) is 18.9 Å². The number of benzene rings is 1. The Morgan fingerprint density at radius 2 is 1.89 bits per heavy atom. The number of nitrogens with zero attached hydrogens (tertiary/aromatic N) is 1. The molecule has 0 aliphatic rings. The van der Waals surface area contributed by atoms with Crippen LogP contribution in [-0.4, -0.2) is 29.2 Å². The van der Waals surface area contributed by atoms with Gasteiger partial charge in [0.1, 0.15) is 6.54 Å². The van der Waals surface area contributed by atoms with Gasteiger partial charge in [-0.15, -0.1) is 0 Å². The summed E-state index contributed by atoms with van der Waals surface area (Å²) in [4.78, 5) is 24.0. The number of halogens is 5. The van der Waals surface area contributed by atoms with Gasteiger partial charge in [0.2, 0.25) is 0 Å². The summed E-state index contributed by atoms with van der Waals surface area (Å²) < 4.78 is 43.7. The van der Waals surface area contributed by atoms with Crippen LogP contribution in [0.3, 0.4) is 0 Å². The Labute approximate surface area is 163 Å². The number of esters is 1. The van der Waals surface area contributed by atoms with Crippen molar-refractivity contribution in [2.24, 2.45) is 0 Å². The molecule has 0 unspecified atom stereocenters. The molecular formula is C17H15Cl2F3N2O3. The lowest BCUT2D eigenvalue weighted by Gasteiger charge is -2.12. The Kier molecular flexibility index (Phi) is 6.43. The number of aromatic nitrogens is 1. The van der Waals surface area contributed by atoms with Crippen LogP contribution < -0.4 is 5.32 Å². The second-order valence-electron chi connectivity index (χ2n) is 5.71. The molecule has 0 fully saturated rings. The van der Waals surface area contributed by atoms with E-state index in [1.165, 1.54) is 32.0 Å². The van der Waals surface area contributed by atoms with Crippen LogP contribution in [0.2, 0.25) is 10.0 Å². The molecule has 0 spiro atoms. The number of nitrogens with one attached hydrogen (secondary N) is 1. The lowest BCUT2D eigenvalue weighted by molar-refractivity contribution is -0.141. The molecule has 0 atom stereocenters. The molecule has 2 rings (SSSR count). The quantitative estimate of drug-likeness (QED) is 0.705. The largest absolute Gasteiger partial charge is 0.452 e. The summed E-state index contributed by atoms with van der Waals surface area (Å²) in [7, 11) is 0. The van der Waals surface area contributed by atoms with Crippen LogP contribution in [0, 0.1) is 13.8 Å². The molecule has 146 valence electrons. The number of hydrogen-bond donors (Lipinski definition) is 1. The van der Waals surface area contributed by atoms with Crippen LogP contribution in [-0.2, 0) is 16.1 Å². The van der Waals surface area contributed by atoms with Crippen LogP contribution in [0.5, 0.6) is 0 Å². The van der Waals surface area contributed by atoms with E-state index in [-0.39, 0.29) is 32.7 Å². The third kappa shape index (κ3) is 5.40. The van der Waals surface area contributed by atoms with Gasteiger partial charge in [0, 0.05) is 11.4 Å². The van der Waals surface area contributed by atoms with Crippen LogP contribution >= 0.6 is 23.2 Å². The summed E-state index contributed by atoms with van der Waals surface area (Å²) in [6.45, 7) is 0.973. The van der Waals surface area contributed by atoms with Crippen molar-refractivity contribution in [1.29, 1.82) is 0 Å². The lowest BCUT2D eigenvalue weighted by Crippen LogP contribution is -2.22. The highest BCUT2D eigenvalue weighted by Gasteiger charge is 2.30. The van der Waals surface area contributed by atoms with Gasteiger partial charge in [-0.2, -0.15) is 13.2 Å². The van der Waals surface area contributed by atoms with Gasteiger partial charge in [-0.25, -0.2) is 4.79 Å². The zero-order valence-corrected chi connectivity index (χ0v) is 15.8. The first-order valence-electron chi connectivity index (χ1n) is 7.64. The Bertz CT molecular complexity index is 879. The number of carbonyl (C=O) groups excluding carboxylic acids is 2.